The van der Waals surface area contributed by atoms with Crippen molar-refractivity contribution in [2.75, 3.05) is 13.9 Å². The summed E-state index contributed by atoms with van der Waals surface area (Å²) in [5, 5.41) is 7.87. The summed E-state index contributed by atoms with van der Waals surface area (Å²) in [6, 6.07) is 5.70. The lowest BCUT2D eigenvalue weighted by molar-refractivity contribution is -0.115. The quantitative estimate of drug-likeness (QED) is 0.438. The van der Waals surface area contributed by atoms with Gasteiger partial charge in [-0.2, -0.15) is 5.10 Å². The molecule has 2 aromatic rings. The number of hydrazone groups is 1. The monoisotopic (exact) mass is 555 g/mol. The highest BCUT2D eigenvalue weighted by Crippen LogP contribution is 2.55. The fourth-order valence-electron chi connectivity index (χ4n) is 3.24. The minimum Gasteiger partial charge on any atom is -0.492 e. The highest BCUT2D eigenvalue weighted by molar-refractivity contribution is 9.11. The first-order valence-electron chi connectivity index (χ1n) is 9.09. The Morgan fingerprint density at radius 2 is 1.97 bits per heavy atom. The molecule has 0 saturated carbocycles. The van der Waals surface area contributed by atoms with Crippen LogP contribution in [0.5, 0.6) is 17.2 Å². The summed E-state index contributed by atoms with van der Waals surface area (Å²) in [6.45, 7) is 1.88. The maximum atomic E-state index is 13.0. The van der Waals surface area contributed by atoms with Crippen LogP contribution in [0.2, 0.25) is 0 Å². The molecule has 2 heterocycles. The van der Waals surface area contributed by atoms with Gasteiger partial charge in [-0.25, -0.2) is 9.82 Å². The van der Waals surface area contributed by atoms with Gasteiger partial charge in [0.05, 0.1) is 28.2 Å². The molecule has 0 spiro atoms. The van der Waals surface area contributed by atoms with Gasteiger partial charge in [0.1, 0.15) is 5.82 Å². The number of fused-ring (bicyclic) bond motifs is 1. The number of benzene rings is 2. The fraction of sp³-hybridized carbons (Fsp3) is 0.250. The zero-order chi connectivity index (χ0) is 22.1. The maximum absolute atomic E-state index is 13.0. The highest BCUT2D eigenvalue weighted by atomic mass is 79.9. The molecule has 162 valence electrons. The van der Waals surface area contributed by atoms with Crippen molar-refractivity contribution < 1.29 is 28.2 Å². The van der Waals surface area contributed by atoms with E-state index in [1.54, 1.807) is 12.1 Å². The van der Waals surface area contributed by atoms with Gasteiger partial charge in [-0.3, -0.25) is 4.79 Å². The van der Waals surface area contributed by atoms with E-state index in [1.807, 2.05) is 6.92 Å². The van der Waals surface area contributed by atoms with Crippen LogP contribution in [-0.2, 0) is 9.63 Å². The fourth-order valence-corrected chi connectivity index (χ4v) is 4.99. The van der Waals surface area contributed by atoms with Crippen molar-refractivity contribution in [3.8, 4) is 17.2 Å². The number of oxime groups is 1. The molecule has 0 saturated heterocycles. The van der Waals surface area contributed by atoms with Gasteiger partial charge in [-0.1, -0.05) is 24.2 Å². The van der Waals surface area contributed by atoms with Crippen LogP contribution in [0.15, 0.2) is 43.5 Å². The van der Waals surface area contributed by atoms with Crippen molar-refractivity contribution >= 4 is 49.7 Å². The summed E-state index contributed by atoms with van der Waals surface area (Å²) in [5.74, 6) is 0.170. The summed E-state index contributed by atoms with van der Waals surface area (Å²) < 4.78 is 30.7. The van der Waals surface area contributed by atoms with Gasteiger partial charge in [0.15, 0.2) is 23.3 Å². The first-order chi connectivity index (χ1) is 14.9. The molecule has 4 rings (SSSR count). The van der Waals surface area contributed by atoms with E-state index in [2.05, 4.69) is 47.5 Å². The Morgan fingerprint density at radius 1 is 1.26 bits per heavy atom. The number of hydrogen-bond donors (Lipinski definition) is 1. The number of nitrogens with zero attached hydrogens (tertiary/aromatic N) is 2. The molecule has 0 fully saturated rings. The molecule has 31 heavy (non-hydrogen) atoms. The van der Waals surface area contributed by atoms with Gasteiger partial charge >= 0.3 is 0 Å². The Balaban J connectivity index is 1.52. The van der Waals surface area contributed by atoms with Gasteiger partial charge in [0.25, 0.3) is 5.91 Å². The molecule has 0 bridgehead atoms. The molecule has 11 heteroatoms. The molecule has 0 aromatic heterocycles. The first-order valence-corrected chi connectivity index (χ1v) is 10.7. The summed E-state index contributed by atoms with van der Waals surface area (Å²) in [5.41, 5.74) is 3.91. The second-order valence-electron chi connectivity index (χ2n) is 6.68. The van der Waals surface area contributed by atoms with E-state index >= 15 is 0 Å². The average Bonchev–Trinajstić information content (AvgIpc) is 3.38. The predicted octanol–water partition coefficient (Wildman–Crippen LogP) is 4.30. The van der Waals surface area contributed by atoms with Crippen molar-refractivity contribution in [2.45, 2.75) is 13.0 Å². The van der Waals surface area contributed by atoms with E-state index in [9.17, 15) is 9.18 Å². The second-order valence-corrected chi connectivity index (χ2v) is 8.27. The van der Waals surface area contributed by atoms with Gasteiger partial charge < -0.3 is 19.0 Å². The normalized spacial score (nSPS) is 19.3. The lowest BCUT2D eigenvalue weighted by Gasteiger charge is -2.20. The molecule has 2 aromatic carbocycles. The average molecular weight is 557 g/mol. The van der Waals surface area contributed by atoms with E-state index in [1.165, 1.54) is 25.5 Å². The first kappa shape index (κ1) is 21.6. The van der Waals surface area contributed by atoms with E-state index in [-0.39, 0.29) is 18.3 Å². The van der Waals surface area contributed by atoms with Crippen molar-refractivity contribution in [1.82, 2.24) is 5.43 Å². The highest BCUT2D eigenvalue weighted by Gasteiger charge is 2.41. The minimum absolute atomic E-state index is 0.0669. The Hall–Kier alpha value is -2.66. The van der Waals surface area contributed by atoms with Gasteiger partial charge in [0, 0.05) is 5.56 Å². The molecule has 2 aliphatic rings. The lowest BCUT2D eigenvalue weighted by atomic mass is 9.93. The second kappa shape index (κ2) is 8.83. The predicted molar refractivity (Wildman–Crippen MR) is 117 cm³/mol. The van der Waals surface area contributed by atoms with Crippen molar-refractivity contribution in [2.24, 2.45) is 16.2 Å². The molecule has 0 aliphatic carbocycles. The van der Waals surface area contributed by atoms with E-state index in [0.29, 0.717) is 37.3 Å². The van der Waals surface area contributed by atoms with Crippen LogP contribution < -0.4 is 19.6 Å². The number of carbonyl (C=O) groups is 1. The Labute approximate surface area is 193 Å². The molecule has 0 unspecified atom stereocenters. The molecule has 8 nitrogen and oxygen atoms in total. The Bertz CT molecular complexity index is 1090. The van der Waals surface area contributed by atoms with Crippen molar-refractivity contribution in [3.63, 3.8) is 0 Å². The molecular formula is C20H16Br2FN3O5. The van der Waals surface area contributed by atoms with E-state index < -0.39 is 17.9 Å². The summed E-state index contributed by atoms with van der Waals surface area (Å²) in [6.07, 6.45) is 0.820. The molecule has 1 N–H and O–H groups in total. The number of halogens is 3. The number of rotatable bonds is 5. The van der Waals surface area contributed by atoms with Crippen molar-refractivity contribution in [3.05, 3.63) is 50.2 Å². The van der Waals surface area contributed by atoms with Gasteiger partial charge in [-0.15, -0.1) is 0 Å². The largest absolute Gasteiger partial charge is 0.492 e. The number of nitrogens with one attached hydrogen (secondary N) is 1. The summed E-state index contributed by atoms with van der Waals surface area (Å²) in [7, 11) is 1.52. The number of amides is 1. The van der Waals surface area contributed by atoms with E-state index in [0.717, 1.165) is 0 Å². The number of methoxy groups -OCH3 is 1. The molecule has 1 amide bonds. The van der Waals surface area contributed by atoms with Crippen LogP contribution in [0, 0.1) is 11.7 Å². The maximum Gasteiger partial charge on any atom is 0.289 e. The topological polar surface area (TPSA) is 90.7 Å². The molecular weight excluding hydrogens is 541 g/mol. The van der Waals surface area contributed by atoms with Crippen LogP contribution in [0.1, 0.15) is 24.2 Å². The summed E-state index contributed by atoms with van der Waals surface area (Å²) in [4.78, 5) is 18.2. The summed E-state index contributed by atoms with van der Waals surface area (Å²) >= 11 is 7.08. The molecule has 2 atom stereocenters. The molecule has 2 aliphatic heterocycles. The van der Waals surface area contributed by atoms with Crippen LogP contribution in [0.4, 0.5) is 4.39 Å². The third-order valence-electron chi connectivity index (χ3n) is 4.81. The third-order valence-corrected chi connectivity index (χ3v) is 6.39. The number of carbonyl (C=O) groups excluding carboxylic acids is 1. The number of ether oxygens (including phenoxy) is 3. The van der Waals surface area contributed by atoms with Crippen LogP contribution in [0.3, 0.4) is 0 Å². The van der Waals surface area contributed by atoms with E-state index in [4.69, 9.17) is 19.0 Å². The lowest BCUT2D eigenvalue weighted by Crippen LogP contribution is -2.31. The Kier molecular flexibility index (Phi) is 6.15. The smallest absolute Gasteiger partial charge is 0.289 e. The SMILES string of the molecule is COc1c(Br)c([C@H]2ON=C(C(=O)N/N=C\c3ccc(F)cc3)[C@@H]2C)c(Br)c2c1OCO2. The van der Waals surface area contributed by atoms with Gasteiger partial charge in [-0.05, 0) is 49.6 Å². The van der Waals surface area contributed by atoms with Crippen LogP contribution >= 0.6 is 31.9 Å². The van der Waals surface area contributed by atoms with Crippen LogP contribution in [-0.4, -0.2) is 31.7 Å². The zero-order valence-corrected chi connectivity index (χ0v) is 19.5. The number of hydrogen-bond acceptors (Lipinski definition) is 7. The van der Waals surface area contributed by atoms with Gasteiger partial charge in [0.2, 0.25) is 12.5 Å². The zero-order valence-electron chi connectivity index (χ0n) is 16.3. The van der Waals surface area contributed by atoms with Crippen LogP contribution in [0.25, 0.3) is 0 Å². The van der Waals surface area contributed by atoms with Crippen molar-refractivity contribution in [1.29, 1.82) is 0 Å². The molecule has 0 radical (unpaired) electrons. The third kappa shape index (κ3) is 3.99. The standard InChI is InChI=1S/C20H16Br2FN3O5/c1-9-15(20(27)25-24-7-10-3-5-11(23)6-4-10)26-31-16(9)12-13(21)17(28-2)19-18(14(12)22)29-8-30-19/h3-7,9,16H,8H2,1-2H3,(H,25,27)/b24-7-/t9-,16-/m0/s1. The Morgan fingerprint density at radius 3 is 2.68 bits per heavy atom. The minimum atomic E-state index is -0.589.